The summed E-state index contributed by atoms with van der Waals surface area (Å²) in [5, 5.41) is 0.749. The molecule has 1 N–H and O–H groups in total. The molecule has 0 unspecified atom stereocenters. The highest BCUT2D eigenvalue weighted by Gasteiger charge is 2.36. The van der Waals surface area contributed by atoms with E-state index in [-0.39, 0.29) is 5.75 Å². The molecule has 218 valence electrons. The standard InChI is InChI=1S/C24H39NO11S2/c1-14(2)36-16(26)15(11-37-20(30)34-12-32-18(28)22(3,4)5)25-17(27)24(9,10)38-21(31)35-13-33-19(29)23(6,7)8/h14-15H,11-13H2,1-10H3,(H,25,27)/t15-/m0/s1. The largest absolute Gasteiger partial charge is 0.461 e. The molecule has 12 nitrogen and oxygen atoms in total. The fourth-order valence-corrected chi connectivity index (χ4v) is 3.32. The Morgan fingerprint density at radius 2 is 1.16 bits per heavy atom. The Bertz CT molecular complexity index is 874. The van der Waals surface area contributed by atoms with Gasteiger partial charge in [-0.25, -0.2) is 14.4 Å². The second kappa shape index (κ2) is 15.2. The maximum atomic E-state index is 12.9. The van der Waals surface area contributed by atoms with Crippen LogP contribution in [0.5, 0.6) is 0 Å². The van der Waals surface area contributed by atoms with E-state index in [1.165, 1.54) is 13.8 Å². The van der Waals surface area contributed by atoms with E-state index in [0.29, 0.717) is 23.5 Å². The second-order valence-corrected chi connectivity index (χ2v) is 13.3. The molecular weight excluding hydrogens is 542 g/mol. The lowest BCUT2D eigenvalue weighted by molar-refractivity contribution is -0.161. The first-order valence-corrected chi connectivity index (χ1v) is 13.5. The highest BCUT2D eigenvalue weighted by Crippen LogP contribution is 2.27. The maximum Gasteiger partial charge on any atom is 0.371 e. The van der Waals surface area contributed by atoms with Crippen molar-refractivity contribution in [1.29, 1.82) is 0 Å². The number of amides is 1. The Balaban J connectivity index is 5.01. The van der Waals surface area contributed by atoms with Crippen LogP contribution in [0.1, 0.15) is 69.2 Å². The van der Waals surface area contributed by atoms with E-state index < -0.39 is 75.7 Å². The third-order valence-corrected chi connectivity index (χ3v) is 5.99. The smallest absolute Gasteiger partial charge is 0.371 e. The summed E-state index contributed by atoms with van der Waals surface area (Å²) >= 11 is 1.08. The molecule has 38 heavy (non-hydrogen) atoms. The molecule has 0 aromatic rings. The highest BCUT2D eigenvalue weighted by molar-refractivity contribution is 8.15. The Kier molecular flexibility index (Phi) is 14.2. The van der Waals surface area contributed by atoms with Crippen LogP contribution in [0.2, 0.25) is 0 Å². The van der Waals surface area contributed by atoms with Crippen LogP contribution in [-0.4, -0.2) is 70.6 Å². The average Bonchev–Trinajstić information content (AvgIpc) is 2.73. The molecule has 0 aliphatic carbocycles. The Morgan fingerprint density at radius 1 is 0.711 bits per heavy atom. The molecule has 14 heteroatoms. The van der Waals surface area contributed by atoms with E-state index in [0.717, 1.165) is 0 Å². The normalized spacial score (nSPS) is 12.7. The van der Waals surface area contributed by atoms with Crippen LogP contribution in [0.4, 0.5) is 9.59 Å². The first kappa shape index (κ1) is 35.5. The summed E-state index contributed by atoms with van der Waals surface area (Å²) in [6.07, 6.45) is -0.496. The van der Waals surface area contributed by atoms with Crippen LogP contribution in [0, 0.1) is 10.8 Å². The van der Waals surface area contributed by atoms with Crippen molar-refractivity contribution >= 4 is 57.9 Å². The van der Waals surface area contributed by atoms with E-state index >= 15 is 0 Å². The summed E-state index contributed by atoms with van der Waals surface area (Å²) in [4.78, 5) is 73.1. The van der Waals surface area contributed by atoms with Crippen molar-refractivity contribution in [3.05, 3.63) is 0 Å². The van der Waals surface area contributed by atoms with Crippen molar-refractivity contribution < 1.29 is 52.5 Å². The van der Waals surface area contributed by atoms with Crippen molar-refractivity contribution in [3.8, 4) is 0 Å². The zero-order chi connectivity index (χ0) is 29.9. The molecule has 0 aromatic carbocycles. The second-order valence-electron chi connectivity index (χ2n) is 10.8. The van der Waals surface area contributed by atoms with Crippen LogP contribution in [-0.2, 0) is 42.9 Å². The molecule has 0 spiro atoms. The first-order valence-electron chi connectivity index (χ1n) is 11.7. The van der Waals surface area contributed by atoms with Crippen molar-refractivity contribution in [2.75, 3.05) is 19.3 Å². The molecule has 0 saturated heterocycles. The summed E-state index contributed by atoms with van der Waals surface area (Å²) in [7, 11) is 0. The minimum Gasteiger partial charge on any atom is -0.461 e. The number of ether oxygens (including phenoxy) is 5. The van der Waals surface area contributed by atoms with Gasteiger partial charge in [-0.3, -0.25) is 14.4 Å². The molecule has 0 bridgehead atoms. The lowest BCUT2D eigenvalue weighted by atomic mass is 9.97. The van der Waals surface area contributed by atoms with Gasteiger partial charge in [-0.2, -0.15) is 0 Å². The average molecular weight is 582 g/mol. The molecule has 0 rings (SSSR count). The Hall–Kier alpha value is -2.48. The van der Waals surface area contributed by atoms with Crippen molar-refractivity contribution in [3.63, 3.8) is 0 Å². The summed E-state index contributed by atoms with van der Waals surface area (Å²) in [6, 6.07) is -1.26. The topological polar surface area (TPSA) is 161 Å². The monoisotopic (exact) mass is 581 g/mol. The van der Waals surface area contributed by atoms with Gasteiger partial charge in [-0.1, -0.05) is 0 Å². The predicted molar refractivity (Wildman–Crippen MR) is 141 cm³/mol. The molecule has 0 aromatic heterocycles. The molecule has 0 fully saturated rings. The van der Waals surface area contributed by atoms with Crippen LogP contribution < -0.4 is 5.32 Å². The molecule has 1 amide bonds. The number of hydrogen-bond acceptors (Lipinski definition) is 13. The first-order chi connectivity index (χ1) is 17.2. The molecular formula is C24H39NO11S2. The molecule has 0 heterocycles. The van der Waals surface area contributed by atoms with Gasteiger partial charge >= 0.3 is 28.5 Å². The van der Waals surface area contributed by atoms with Crippen molar-refractivity contribution in [2.45, 2.75) is 86.1 Å². The van der Waals surface area contributed by atoms with Crippen LogP contribution in [0.3, 0.4) is 0 Å². The SMILES string of the molecule is CC(C)OC(=O)[C@H](CSC(=O)OCOC(=O)C(C)(C)C)NC(=O)C(C)(C)SC(=O)OCOC(=O)C(C)(C)C. The zero-order valence-corrected chi connectivity index (χ0v) is 25.2. The van der Waals surface area contributed by atoms with Gasteiger partial charge in [0.2, 0.25) is 19.5 Å². The molecule has 0 saturated carbocycles. The third kappa shape index (κ3) is 14.5. The summed E-state index contributed by atoms with van der Waals surface area (Å²) in [5.74, 6) is -2.90. The number of rotatable bonds is 11. The number of thioether (sulfide) groups is 2. The highest BCUT2D eigenvalue weighted by atomic mass is 32.2. The third-order valence-electron chi connectivity index (χ3n) is 4.15. The Morgan fingerprint density at radius 3 is 1.58 bits per heavy atom. The lowest BCUT2D eigenvalue weighted by Gasteiger charge is -2.25. The molecule has 0 radical (unpaired) electrons. The van der Waals surface area contributed by atoms with E-state index in [2.05, 4.69) is 5.32 Å². The fraction of sp³-hybridized carbons (Fsp3) is 0.750. The molecule has 0 aliphatic heterocycles. The van der Waals surface area contributed by atoms with Crippen LogP contribution >= 0.6 is 23.5 Å². The minimum atomic E-state index is -1.41. The minimum absolute atomic E-state index is 0.253. The van der Waals surface area contributed by atoms with Gasteiger partial charge in [0.15, 0.2) is 0 Å². The maximum absolute atomic E-state index is 12.9. The van der Waals surface area contributed by atoms with Gasteiger partial charge in [0, 0.05) is 5.75 Å². The fourth-order valence-electron chi connectivity index (χ4n) is 1.99. The van der Waals surface area contributed by atoms with Gasteiger partial charge < -0.3 is 29.0 Å². The van der Waals surface area contributed by atoms with Gasteiger partial charge in [-0.15, -0.1) is 0 Å². The van der Waals surface area contributed by atoms with E-state index in [1.807, 2.05) is 0 Å². The quantitative estimate of drug-likeness (QED) is 0.212. The summed E-state index contributed by atoms with van der Waals surface area (Å²) in [5.41, 5.74) is -1.55. The van der Waals surface area contributed by atoms with E-state index in [4.69, 9.17) is 23.7 Å². The van der Waals surface area contributed by atoms with Crippen molar-refractivity contribution in [2.24, 2.45) is 10.8 Å². The number of hydrogen-bond donors (Lipinski definition) is 1. The number of carbonyl (C=O) groups is 6. The van der Waals surface area contributed by atoms with E-state index in [1.54, 1.807) is 55.4 Å². The van der Waals surface area contributed by atoms with Crippen molar-refractivity contribution in [1.82, 2.24) is 5.32 Å². The van der Waals surface area contributed by atoms with Gasteiger partial charge in [0.05, 0.1) is 21.7 Å². The Labute approximate surface area is 231 Å². The predicted octanol–water partition coefficient (Wildman–Crippen LogP) is 4.03. The zero-order valence-electron chi connectivity index (χ0n) is 23.6. The summed E-state index contributed by atoms with van der Waals surface area (Å²) in [6.45, 7) is 14.7. The molecule has 1 atom stereocenters. The number of nitrogens with one attached hydrogen (secondary N) is 1. The van der Waals surface area contributed by atoms with Crippen LogP contribution in [0.25, 0.3) is 0 Å². The molecule has 0 aliphatic rings. The van der Waals surface area contributed by atoms with Gasteiger partial charge in [-0.05, 0) is 92.8 Å². The van der Waals surface area contributed by atoms with Crippen LogP contribution in [0.15, 0.2) is 0 Å². The lowest BCUT2D eigenvalue weighted by Crippen LogP contribution is -2.50. The van der Waals surface area contributed by atoms with E-state index in [9.17, 15) is 28.8 Å². The van der Waals surface area contributed by atoms with Gasteiger partial charge in [0.1, 0.15) is 6.04 Å². The number of esters is 3. The summed E-state index contributed by atoms with van der Waals surface area (Å²) < 4.78 is 23.2. The van der Waals surface area contributed by atoms with Gasteiger partial charge in [0.25, 0.3) is 0 Å². The number of carbonyl (C=O) groups excluding carboxylic acids is 6.